The normalized spacial score (nSPS) is 16.8. The smallest absolute Gasteiger partial charge is 0.0780 e. The van der Waals surface area contributed by atoms with E-state index in [1.807, 2.05) is 18.7 Å². The first-order valence-electron chi connectivity index (χ1n) is 3.42. The summed E-state index contributed by atoms with van der Waals surface area (Å²) in [6.07, 6.45) is 3.12. The van der Waals surface area contributed by atoms with Gasteiger partial charge in [0.25, 0.3) is 0 Å². The third-order valence-electron chi connectivity index (χ3n) is 1.76. The number of ether oxygens (including phenoxy) is 1. The van der Waals surface area contributed by atoms with Crippen molar-refractivity contribution in [2.45, 2.75) is 18.9 Å². The Kier molecular flexibility index (Phi) is 5.13. The maximum Gasteiger partial charge on any atom is 0.0780 e. The van der Waals surface area contributed by atoms with Crippen LogP contribution in [0.3, 0.4) is 0 Å². The van der Waals surface area contributed by atoms with Crippen LogP contribution in [0, 0.1) is 0 Å². The summed E-state index contributed by atoms with van der Waals surface area (Å²) in [5.41, 5.74) is 5.42. The van der Waals surface area contributed by atoms with E-state index in [1.54, 1.807) is 7.11 Å². The molecule has 0 aromatic rings. The molecule has 2 nitrogen and oxygen atoms in total. The third-order valence-corrected chi connectivity index (χ3v) is 2.37. The van der Waals surface area contributed by atoms with Crippen molar-refractivity contribution in [2.75, 3.05) is 25.7 Å². The van der Waals surface area contributed by atoms with Crippen molar-refractivity contribution in [3.05, 3.63) is 0 Å². The highest BCUT2D eigenvalue weighted by atomic mass is 32.2. The molecule has 0 fully saturated rings. The van der Waals surface area contributed by atoms with E-state index in [0.29, 0.717) is 6.54 Å². The van der Waals surface area contributed by atoms with Crippen LogP contribution in [0.2, 0.25) is 0 Å². The minimum atomic E-state index is -0.108. The van der Waals surface area contributed by atoms with Crippen LogP contribution in [0.1, 0.15) is 13.3 Å². The zero-order chi connectivity index (χ0) is 8.04. The van der Waals surface area contributed by atoms with E-state index in [-0.39, 0.29) is 5.60 Å². The van der Waals surface area contributed by atoms with Crippen LogP contribution in [0.5, 0.6) is 0 Å². The number of hydrogen-bond donors (Lipinski definition) is 1. The van der Waals surface area contributed by atoms with Crippen molar-refractivity contribution in [3.8, 4) is 0 Å². The standard InChI is InChI=1S/C7H17NOS/c1-7(6-8,9-2)4-5-10-3/h4-6,8H2,1-3H3. The van der Waals surface area contributed by atoms with Gasteiger partial charge >= 0.3 is 0 Å². The largest absolute Gasteiger partial charge is 0.377 e. The van der Waals surface area contributed by atoms with E-state index in [2.05, 4.69) is 6.26 Å². The molecule has 0 aromatic carbocycles. The Morgan fingerprint density at radius 2 is 2.20 bits per heavy atom. The van der Waals surface area contributed by atoms with Crippen molar-refractivity contribution in [2.24, 2.45) is 5.73 Å². The topological polar surface area (TPSA) is 35.2 Å². The summed E-state index contributed by atoms with van der Waals surface area (Å²) in [5.74, 6) is 1.11. The van der Waals surface area contributed by atoms with Crippen molar-refractivity contribution < 1.29 is 4.74 Å². The number of methoxy groups -OCH3 is 1. The molecule has 0 aliphatic carbocycles. The van der Waals surface area contributed by atoms with Crippen LogP contribution in [-0.2, 0) is 4.74 Å². The molecule has 0 radical (unpaired) electrons. The number of nitrogens with two attached hydrogens (primary N) is 1. The molecule has 0 aliphatic rings. The molecule has 10 heavy (non-hydrogen) atoms. The Bertz CT molecular complexity index is 83.7. The lowest BCUT2D eigenvalue weighted by molar-refractivity contribution is 0.0119. The van der Waals surface area contributed by atoms with Gasteiger partial charge in [-0.3, -0.25) is 0 Å². The summed E-state index contributed by atoms with van der Waals surface area (Å²) >= 11 is 1.82. The van der Waals surface area contributed by atoms with Crippen LogP contribution >= 0.6 is 11.8 Å². The lowest BCUT2D eigenvalue weighted by Crippen LogP contribution is -2.37. The van der Waals surface area contributed by atoms with Crippen LogP contribution in [-0.4, -0.2) is 31.3 Å². The average molecular weight is 163 g/mol. The molecule has 1 atom stereocenters. The highest BCUT2D eigenvalue weighted by Crippen LogP contribution is 2.14. The second kappa shape index (κ2) is 4.99. The van der Waals surface area contributed by atoms with Gasteiger partial charge in [0.05, 0.1) is 5.60 Å². The minimum absolute atomic E-state index is 0.108. The molecule has 2 N–H and O–H groups in total. The number of hydrogen-bond acceptors (Lipinski definition) is 3. The summed E-state index contributed by atoms with van der Waals surface area (Å²) in [5, 5.41) is 0. The van der Waals surface area contributed by atoms with Crippen molar-refractivity contribution in [3.63, 3.8) is 0 Å². The first-order valence-corrected chi connectivity index (χ1v) is 4.82. The molecular weight excluding hydrogens is 146 g/mol. The molecule has 0 saturated carbocycles. The molecule has 0 bridgehead atoms. The zero-order valence-electron chi connectivity index (χ0n) is 7.02. The second-order valence-electron chi connectivity index (χ2n) is 2.60. The van der Waals surface area contributed by atoms with Gasteiger partial charge in [-0.05, 0) is 25.4 Å². The van der Waals surface area contributed by atoms with Gasteiger partial charge < -0.3 is 10.5 Å². The fraction of sp³-hybridized carbons (Fsp3) is 1.00. The number of rotatable bonds is 5. The van der Waals surface area contributed by atoms with Crippen molar-refractivity contribution >= 4 is 11.8 Å². The first kappa shape index (κ1) is 10.3. The Morgan fingerprint density at radius 1 is 1.60 bits per heavy atom. The van der Waals surface area contributed by atoms with E-state index < -0.39 is 0 Å². The molecule has 0 heterocycles. The molecule has 0 aliphatic heterocycles. The Labute approximate surface area is 67.5 Å². The SMILES string of the molecule is COC(C)(CN)CCSC. The highest BCUT2D eigenvalue weighted by Gasteiger charge is 2.19. The molecule has 0 amide bonds. The van der Waals surface area contributed by atoms with Gasteiger partial charge in [0, 0.05) is 13.7 Å². The molecular formula is C7H17NOS. The average Bonchev–Trinajstić information content (AvgIpc) is 2.00. The van der Waals surface area contributed by atoms with Gasteiger partial charge in [0.1, 0.15) is 0 Å². The predicted molar refractivity (Wildman–Crippen MR) is 47.5 cm³/mol. The quantitative estimate of drug-likeness (QED) is 0.659. The molecule has 0 saturated heterocycles. The Balaban J connectivity index is 3.58. The monoisotopic (exact) mass is 163 g/mol. The van der Waals surface area contributed by atoms with Crippen LogP contribution in [0.25, 0.3) is 0 Å². The van der Waals surface area contributed by atoms with Gasteiger partial charge in [-0.1, -0.05) is 0 Å². The Morgan fingerprint density at radius 3 is 2.50 bits per heavy atom. The van der Waals surface area contributed by atoms with Crippen LogP contribution in [0.4, 0.5) is 0 Å². The van der Waals surface area contributed by atoms with Gasteiger partial charge in [-0.15, -0.1) is 0 Å². The maximum atomic E-state index is 5.52. The van der Waals surface area contributed by atoms with Gasteiger partial charge in [-0.2, -0.15) is 11.8 Å². The van der Waals surface area contributed by atoms with E-state index >= 15 is 0 Å². The fourth-order valence-corrected chi connectivity index (χ4v) is 1.24. The molecule has 0 aromatic heterocycles. The van der Waals surface area contributed by atoms with Crippen LogP contribution in [0.15, 0.2) is 0 Å². The summed E-state index contributed by atoms with van der Waals surface area (Å²) in [6, 6.07) is 0. The molecule has 0 rings (SSSR count). The summed E-state index contributed by atoms with van der Waals surface area (Å²) in [4.78, 5) is 0. The van der Waals surface area contributed by atoms with E-state index in [4.69, 9.17) is 10.5 Å². The van der Waals surface area contributed by atoms with E-state index in [0.717, 1.165) is 12.2 Å². The number of thioether (sulfide) groups is 1. The lowest BCUT2D eigenvalue weighted by Gasteiger charge is -2.25. The van der Waals surface area contributed by atoms with Gasteiger partial charge in [-0.25, -0.2) is 0 Å². The first-order chi connectivity index (χ1) is 4.68. The van der Waals surface area contributed by atoms with Gasteiger partial charge in [0.2, 0.25) is 0 Å². The van der Waals surface area contributed by atoms with Crippen LogP contribution < -0.4 is 5.73 Å². The van der Waals surface area contributed by atoms with Gasteiger partial charge in [0.15, 0.2) is 0 Å². The Hall–Kier alpha value is 0.270. The molecule has 0 spiro atoms. The fourth-order valence-electron chi connectivity index (χ4n) is 0.605. The lowest BCUT2D eigenvalue weighted by atomic mass is 10.0. The maximum absolute atomic E-state index is 5.52. The predicted octanol–water partition coefficient (Wildman–Crippen LogP) is 1.10. The van der Waals surface area contributed by atoms with E-state index in [9.17, 15) is 0 Å². The molecule has 1 unspecified atom stereocenters. The zero-order valence-corrected chi connectivity index (χ0v) is 7.83. The summed E-state index contributed by atoms with van der Waals surface area (Å²) in [7, 11) is 1.72. The minimum Gasteiger partial charge on any atom is -0.377 e. The van der Waals surface area contributed by atoms with Crippen molar-refractivity contribution in [1.29, 1.82) is 0 Å². The third kappa shape index (κ3) is 3.44. The van der Waals surface area contributed by atoms with E-state index in [1.165, 1.54) is 0 Å². The second-order valence-corrected chi connectivity index (χ2v) is 3.59. The summed E-state index contributed by atoms with van der Waals surface area (Å²) < 4.78 is 5.25. The molecule has 62 valence electrons. The molecule has 3 heteroatoms. The summed E-state index contributed by atoms with van der Waals surface area (Å²) in [6.45, 7) is 2.65. The highest BCUT2D eigenvalue weighted by molar-refractivity contribution is 7.98. The van der Waals surface area contributed by atoms with Crippen molar-refractivity contribution in [1.82, 2.24) is 0 Å².